The van der Waals surface area contributed by atoms with E-state index >= 15 is 0 Å². The van der Waals surface area contributed by atoms with Gasteiger partial charge in [-0.25, -0.2) is 4.98 Å². The number of aromatic nitrogens is 3. The summed E-state index contributed by atoms with van der Waals surface area (Å²) in [5.41, 5.74) is 5.34. The van der Waals surface area contributed by atoms with Crippen LogP contribution in [0.15, 0.2) is 109 Å². The van der Waals surface area contributed by atoms with Gasteiger partial charge in [0.15, 0.2) is 10.7 Å². The lowest BCUT2D eigenvalue weighted by molar-refractivity contribution is -0.770. The van der Waals surface area contributed by atoms with E-state index in [1.54, 1.807) is 16.5 Å². The number of carbonyl (C=O) groups excluding carboxylic acids is 2. The molecule has 0 saturated heterocycles. The SMILES string of the molecule is CC(C)(C)[n+]1cc[n+](-c2ccc(-c3ccc4c(c3)C(=O)N(C(C(=O)Nc3nccs3)c3ccccc3)C4)cc2)cc1. The minimum Gasteiger partial charge on any atom is -0.318 e. The second-order valence-electron chi connectivity index (χ2n) is 11.1. The molecule has 0 bridgehead atoms. The van der Waals surface area contributed by atoms with Crippen molar-refractivity contribution in [3.05, 3.63) is 126 Å². The molecule has 41 heavy (non-hydrogen) atoms. The van der Waals surface area contributed by atoms with Crippen LogP contribution in [0.5, 0.6) is 0 Å². The summed E-state index contributed by atoms with van der Waals surface area (Å²) in [6.45, 7) is 6.88. The van der Waals surface area contributed by atoms with Crippen molar-refractivity contribution in [1.82, 2.24) is 9.88 Å². The number of fused-ring (bicyclic) bond motifs is 1. The quantitative estimate of drug-likeness (QED) is 0.280. The van der Waals surface area contributed by atoms with E-state index in [0.29, 0.717) is 17.2 Å². The summed E-state index contributed by atoms with van der Waals surface area (Å²) in [4.78, 5) is 33.1. The molecule has 0 radical (unpaired) electrons. The summed E-state index contributed by atoms with van der Waals surface area (Å²) in [6, 6.07) is 22.9. The Morgan fingerprint density at radius 3 is 2.32 bits per heavy atom. The van der Waals surface area contributed by atoms with E-state index in [4.69, 9.17) is 0 Å². The fourth-order valence-corrected chi connectivity index (χ4v) is 5.64. The maximum Gasteiger partial charge on any atom is 0.255 e. The molecular formula is C33H31N5O2S+2. The van der Waals surface area contributed by atoms with E-state index in [9.17, 15) is 9.59 Å². The zero-order chi connectivity index (χ0) is 28.6. The highest BCUT2D eigenvalue weighted by molar-refractivity contribution is 7.13. The van der Waals surface area contributed by atoms with E-state index in [0.717, 1.165) is 27.9 Å². The zero-order valence-corrected chi connectivity index (χ0v) is 24.0. The van der Waals surface area contributed by atoms with Crippen molar-refractivity contribution in [3.8, 4) is 16.8 Å². The van der Waals surface area contributed by atoms with Gasteiger partial charge in [-0.1, -0.05) is 42.5 Å². The Morgan fingerprint density at radius 1 is 0.951 bits per heavy atom. The first-order valence-corrected chi connectivity index (χ1v) is 14.4. The maximum atomic E-state index is 13.8. The summed E-state index contributed by atoms with van der Waals surface area (Å²) in [6.07, 6.45) is 9.90. The van der Waals surface area contributed by atoms with Gasteiger partial charge >= 0.3 is 0 Å². The third kappa shape index (κ3) is 5.38. The van der Waals surface area contributed by atoms with Gasteiger partial charge in [0, 0.05) is 56.6 Å². The Labute approximate surface area is 243 Å². The zero-order valence-electron chi connectivity index (χ0n) is 23.2. The standard InChI is InChI=1S/C33H30N5O2S/c1-33(2,3)37-18-16-36(17-19-37)27-13-11-23(12-14-27)25-9-10-26-22-38(31(40)28(26)21-25)29(24-7-5-4-6-8-24)30(39)35-32-34-15-20-41-32/h4-21,29H,22H2,1-3H3/q+1/p+1. The Kier molecular flexibility index (Phi) is 6.93. The average molecular weight is 562 g/mol. The third-order valence-electron chi connectivity index (χ3n) is 7.33. The van der Waals surface area contributed by atoms with Crippen LogP contribution in [0.25, 0.3) is 16.8 Å². The number of hydrogen-bond donors (Lipinski definition) is 1. The second kappa shape index (κ2) is 10.7. The molecule has 5 aromatic rings. The summed E-state index contributed by atoms with van der Waals surface area (Å²) in [5.74, 6) is -0.442. The summed E-state index contributed by atoms with van der Waals surface area (Å²) in [5, 5.41) is 5.19. The fraction of sp³-hybridized carbons (Fsp3) is 0.182. The van der Waals surface area contributed by atoms with Crippen molar-refractivity contribution in [2.24, 2.45) is 0 Å². The van der Waals surface area contributed by atoms with Gasteiger partial charge < -0.3 is 4.90 Å². The van der Waals surface area contributed by atoms with Gasteiger partial charge in [0.1, 0.15) is 6.04 Å². The first-order valence-electron chi connectivity index (χ1n) is 13.5. The van der Waals surface area contributed by atoms with Gasteiger partial charge in [-0.05, 0) is 40.5 Å². The molecule has 1 aliphatic rings. The number of amides is 2. The predicted octanol–water partition coefficient (Wildman–Crippen LogP) is 5.47. The van der Waals surface area contributed by atoms with Gasteiger partial charge in [-0.2, -0.15) is 9.13 Å². The van der Waals surface area contributed by atoms with Crippen molar-refractivity contribution in [3.63, 3.8) is 0 Å². The smallest absolute Gasteiger partial charge is 0.255 e. The minimum absolute atomic E-state index is 0.0235. The van der Waals surface area contributed by atoms with Crippen molar-refractivity contribution >= 4 is 28.3 Å². The van der Waals surface area contributed by atoms with E-state index in [-0.39, 0.29) is 17.4 Å². The first-order chi connectivity index (χ1) is 19.8. The molecule has 2 aromatic heterocycles. The monoisotopic (exact) mass is 561 g/mol. The van der Waals surface area contributed by atoms with Crippen LogP contribution in [0.1, 0.15) is 48.3 Å². The number of rotatable bonds is 6. The van der Waals surface area contributed by atoms with Gasteiger partial charge in [0.05, 0.1) is 0 Å². The largest absolute Gasteiger partial charge is 0.318 e. The van der Waals surface area contributed by atoms with E-state index < -0.39 is 6.04 Å². The Hall–Kier alpha value is -4.69. The van der Waals surface area contributed by atoms with Crippen molar-refractivity contribution in [2.75, 3.05) is 5.32 Å². The van der Waals surface area contributed by atoms with E-state index in [1.165, 1.54) is 11.3 Å². The normalized spacial score (nSPS) is 13.6. The molecule has 7 nitrogen and oxygen atoms in total. The van der Waals surface area contributed by atoms with E-state index in [1.807, 2.05) is 48.5 Å². The molecule has 0 fully saturated rings. The Balaban J connectivity index is 1.25. The molecule has 204 valence electrons. The van der Waals surface area contributed by atoms with Crippen molar-refractivity contribution in [2.45, 2.75) is 38.9 Å². The van der Waals surface area contributed by atoms with Crippen molar-refractivity contribution < 1.29 is 18.7 Å². The van der Waals surface area contributed by atoms with Crippen LogP contribution < -0.4 is 14.5 Å². The Bertz CT molecular complexity index is 1690. The first kappa shape index (κ1) is 26.5. The average Bonchev–Trinajstić information content (AvgIpc) is 3.61. The van der Waals surface area contributed by atoms with Crippen molar-refractivity contribution in [1.29, 1.82) is 0 Å². The van der Waals surface area contributed by atoms with Crippen LogP contribution in [0, 0.1) is 0 Å². The summed E-state index contributed by atoms with van der Waals surface area (Å²) >= 11 is 1.35. The lowest BCUT2D eigenvalue weighted by Gasteiger charge is -2.27. The lowest BCUT2D eigenvalue weighted by atomic mass is 10.00. The molecule has 8 heteroatoms. The highest BCUT2D eigenvalue weighted by Crippen LogP contribution is 2.35. The fourth-order valence-electron chi connectivity index (χ4n) is 5.11. The molecule has 1 aliphatic heterocycles. The molecule has 0 aliphatic carbocycles. The van der Waals surface area contributed by atoms with Gasteiger partial charge in [0.25, 0.3) is 11.8 Å². The lowest BCUT2D eigenvalue weighted by Crippen LogP contribution is -2.51. The van der Waals surface area contributed by atoms with Crippen LogP contribution in [0.2, 0.25) is 0 Å². The molecule has 0 spiro atoms. The van der Waals surface area contributed by atoms with Gasteiger partial charge in [-0.3, -0.25) is 14.9 Å². The maximum absolute atomic E-state index is 13.8. The van der Waals surface area contributed by atoms with Gasteiger partial charge in [0.2, 0.25) is 30.5 Å². The summed E-state index contributed by atoms with van der Waals surface area (Å²) in [7, 11) is 0. The number of anilines is 1. The summed E-state index contributed by atoms with van der Waals surface area (Å²) < 4.78 is 4.25. The topological polar surface area (TPSA) is 70.1 Å². The molecule has 0 saturated carbocycles. The Morgan fingerprint density at radius 2 is 1.66 bits per heavy atom. The third-order valence-corrected chi connectivity index (χ3v) is 8.02. The number of thiazole rings is 1. The molecule has 3 heterocycles. The van der Waals surface area contributed by atoms with Crippen LogP contribution >= 0.6 is 11.3 Å². The van der Waals surface area contributed by atoms with E-state index in [2.05, 4.69) is 89.3 Å². The van der Waals surface area contributed by atoms with Crippen LogP contribution in [-0.2, 0) is 16.9 Å². The molecule has 1 unspecified atom stereocenters. The van der Waals surface area contributed by atoms with Crippen LogP contribution in [0.3, 0.4) is 0 Å². The second-order valence-corrected chi connectivity index (χ2v) is 12.0. The molecule has 3 aromatic carbocycles. The van der Waals surface area contributed by atoms with Gasteiger partial charge in [-0.15, -0.1) is 11.3 Å². The number of benzene rings is 3. The molecular weight excluding hydrogens is 530 g/mol. The predicted molar refractivity (Wildman–Crippen MR) is 158 cm³/mol. The highest BCUT2D eigenvalue weighted by atomic mass is 32.1. The van der Waals surface area contributed by atoms with Crippen LogP contribution in [-0.4, -0.2) is 21.7 Å². The molecule has 1 atom stereocenters. The number of nitrogens with zero attached hydrogens (tertiary/aromatic N) is 4. The number of hydrogen-bond acceptors (Lipinski definition) is 4. The number of nitrogens with one attached hydrogen (secondary N) is 1. The molecule has 2 amide bonds. The van der Waals surface area contributed by atoms with Crippen LogP contribution in [0.4, 0.5) is 5.13 Å². The minimum atomic E-state index is -0.775. The molecule has 1 N–H and O–H groups in total. The number of carbonyl (C=O) groups is 2. The highest BCUT2D eigenvalue weighted by Gasteiger charge is 2.38. The molecule has 6 rings (SSSR count).